The molecule has 2 amide bonds. The molecule has 0 spiro atoms. The van der Waals surface area contributed by atoms with Gasteiger partial charge in [-0.05, 0) is 38.8 Å². The molecule has 0 radical (unpaired) electrons. The minimum absolute atomic E-state index is 0.115. The van der Waals surface area contributed by atoms with E-state index in [4.69, 9.17) is 0 Å². The maximum absolute atomic E-state index is 12.7. The summed E-state index contributed by atoms with van der Waals surface area (Å²) in [6, 6.07) is 10.8. The first kappa shape index (κ1) is 16.8. The summed E-state index contributed by atoms with van der Waals surface area (Å²) in [5, 5.41) is 3.54. The van der Waals surface area contributed by atoms with Crippen LogP contribution in [0, 0.1) is 5.92 Å². The standard InChI is InChI=1S/C19H27N3O2/c1-14(2)22-13-15(12-18(22)23)19(24)21-10-8-17(9-11-21)20-16-6-4-3-5-7-16/h3-7,14-15,17,20H,8-13H2,1-2H3/t15-/m0/s1. The number of carbonyl (C=O) groups excluding carboxylic acids is 2. The lowest BCUT2D eigenvalue weighted by Gasteiger charge is -2.34. The molecule has 2 aliphatic rings. The monoisotopic (exact) mass is 329 g/mol. The van der Waals surface area contributed by atoms with Gasteiger partial charge in [0, 0.05) is 43.8 Å². The number of anilines is 1. The van der Waals surface area contributed by atoms with E-state index in [-0.39, 0.29) is 23.8 Å². The minimum Gasteiger partial charge on any atom is -0.382 e. The van der Waals surface area contributed by atoms with Crippen LogP contribution < -0.4 is 5.32 Å². The summed E-state index contributed by atoms with van der Waals surface area (Å²) in [6.45, 7) is 6.14. The second-order valence-electron chi connectivity index (χ2n) is 7.15. The number of likely N-dealkylation sites (tertiary alicyclic amines) is 2. The van der Waals surface area contributed by atoms with Crippen LogP contribution in [0.5, 0.6) is 0 Å². The Morgan fingerprint density at radius 2 is 1.83 bits per heavy atom. The fourth-order valence-electron chi connectivity index (χ4n) is 3.67. The molecule has 2 heterocycles. The first-order chi connectivity index (χ1) is 11.5. The first-order valence-electron chi connectivity index (χ1n) is 8.94. The lowest BCUT2D eigenvalue weighted by Crippen LogP contribution is -2.45. The van der Waals surface area contributed by atoms with E-state index in [1.54, 1.807) is 0 Å². The van der Waals surface area contributed by atoms with Crippen molar-refractivity contribution in [3.63, 3.8) is 0 Å². The first-order valence-corrected chi connectivity index (χ1v) is 8.94. The molecule has 0 aromatic heterocycles. The number of carbonyl (C=O) groups is 2. The summed E-state index contributed by atoms with van der Waals surface area (Å²) in [7, 11) is 0. The zero-order valence-electron chi connectivity index (χ0n) is 14.6. The number of nitrogens with zero attached hydrogens (tertiary/aromatic N) is 2. The normalized spacial score (nSPS) is 22.3. The molecule has 130 valence electrons. The van der Waals surface area contributed by atoms with Crippen molar-refractivity contribution < 1.29 is 9.59 Å². The molecule has 5 heteroatoms. The van der Waals surface area contributed by atoms with Crippen molar-refractivity contribution in [2.24, 2.45) is 5.92 Å². The molecule has 1 aromatic carbocycles. The van der Waals surface area contributed by atoms with E-state index in [0.29, 0.717) is 19.0 Å². The van der Waals surface area contributed by atoms with E-state index in [1.807, 2.05) is 41.8 Å². The van der Waals surface area contributed by atoms with Crippen molar-refractivity contribution in [2.45, 2.75) is 45.2 Å². The Balaban J connectivity index is 1.50. The van der Waals surface area contributed by atoms with Gasteiger partial charge in [0.25, 0.3) is 0 Å². The number of piperidine rings is 1. The molecule has 0 saturated carbocycles. The Morgan fingerprint density at radius 3 is 2.42 bits per heavy atom. The van der Waals surface area contributed by atoms with Gasteiger partial charge in [0.2, 0.25) is 11.8 Å². The molecule has 24 heavy (non-hydrogen) atoms. The highest BCUT2D eigenvalue weighted by Crippen LogP contribution is 2.24. The molecule has 0 bridgehead atoms. The fraction of sp³-hybridized carbons (Fsp3) is 0.579. The zero-order valence-corrected chi connectivity index (χ0v) is 14.6. The van der Waals surface area contributed by atoms with Crippen LogP contribution in [0.25, 0.3) is 0 Å². The summed E-state index contributed by atoms with van der Waals surface area (Å²) in [6.07, 6.45) is 2.28. The molecule has 1 aromatic rings. The second kappa shape index (κ2) is 7.24. The molecule has 2 fully saturated rings. The van der Waals surface area contributed by atoms with Gasteiger partial charge in [-0.25, -0.2) is 0 Å². The minimum atomic E-state index is -0.154. The Labute approximate surface area is 144 Å². The van der Waals surface area contributed by atoms with Gasteiger partial charge in [0.15, 0.2) is 0 Å². The van der Waals surface area contributed by atoms with E-state index in [0.717, 1.165) is 31.6 Å². The highest BCUT2D eigenvalue weighted by atomic mass is 16.2. The van der Waals surface area contributed by atoms with Gasteiger partial charge in [0.1, 0.15) is 0 Å². The number of amides is 2. The summed E-state index contributed by atoms with van der Waals surface area (Å²) in [5.41, 5.74) is 1.14. The topological polar surface area (TPSA) is 52.7 Å². The number of hydrogen-bond donors (Lipinski definition) is 1. The summed E-state index contributed by atoms with van der Waals surface area (Å²) >= 11 is 0. The highest BCUT2D eigenvalue weighted by Gasteiger charge is 2.38. The molecule has 0 aliphatic carbocycles. The maximum Gasteiger partial charge on any atom is 0.227 e. The molecule has 2 aliphatic heterocycles. The van der Waals surface area contributed by atoms with E-state index < -0.39 is 0 Å². The molecule has 1 atom stereocenters. The number of hydrogen-bond acceptors (Lipinski definition) is 3. The van der Waals surface area contributed by atoms with Gasteiger partial charge in [0.05, 0.1) is 5.92 Å². The van der Waals surface area contributed by atoms with Crippen LogP contribution in [0.15, 0.2) is 30.3 Å². The van der Waals surface area contributed by atoms with Gasteiger partial charge in [-0.1, -0.05) is 18.2 Å². The number of benzene rings is 1. The second-order valence-corrected chi connectivity index (χ2v) is 7.15. The highest BCUT2D eigenvalue weighted by molar-refractivity contribution is 5.89. The smallest absolute Gasteiger partial charge is 0.227 e. The Kier molecular flexibility index (Phi) is 5.07. The fourth-order valence-corrected chi connectivity index (χ4v) is 3.67. The third-order valence-electron chi connectivity index (χ3n) is 5.08. The van der Waals surface area contributed by atoms with Gasteiger partial charge < -0.3 is 15.1 Å². The molecule has 0 unspecified atom stereocenters. The Hall–Kier alpha value is -2.04. The number of nitrogens with one attached hydrogen (secondary N) is 1. The molecule has 1 N–H and O–H groups in total. The predicted molar refractivity (Wildman–Crippen MR) is 94.6 cm³/mol. The van der Waals surface area contributed by atoms with Crippen LogP contribution in [-0.4, -0.2) is 53.3 Å². The molecule has 5 nitrogen and oxygen atoms in total. The summed E-state index contributed by atoms with van der Waals surface area (Å²) < 4.78 is 0. The van der Waals surface area contributed by atoms with Gasteiger partial charge in [-0.15, -0.1) is 0 Å². The Morgan fingerprint density at radius 1 is 1.17 bits per heavy atom. The quantitative estimate of drug-likeness (QED) is 0.922. The average Bonchev–Trinajstić information content (AvgIpc) is 2.98. The average molecular weight is 329 g/mol. The van der Waals surface area contributed by atoms with Crippen molar-refractivity contribution in [3.05, 3.63) is 30.3 Å². The van der Waals surface area contributed by atoms with Crippen LogP contribution in [0.3, 0.4) is 0 Å². The third kappa shape index (κ3) is 3.71. The van der Waals surface area contributed by atoms with E-state index in [9.17, 15) is 9.59 Å². The van der Waals surface area contributed by atoms with Crippen molar-refractivity contribution in [2.75, 3.05) is 25.0 Å². The summed E-state index contributed by atoms with van der Waals surface area (Å²) in [5.74, 6) is 0.118. The van der Waals surface area contributed by atoms with Gasteiger partial charge in [-0.3, -0.25) is 9.59 Å². The summed E-state index contributed by atoms with van der Waals surface area (Å²) in [4.78, 5) is 28.5. The molecular formula is C19H27N3O2. The van der Waals surface area contributed by atoms with Crippen LogP contribution in [0.1, 0.15) is 33.1 Å². The van der Waals surface area contributed by atoms with Gasteiger partial charge >= 0.3 is 0 Å². The van der Waals surface area contributed by atoms with E-state index in [2.05, 4.69) is 17.4 Å². The zero-order chi connectivity index (χ0) is 17.1. The third-order valence-corrected chi connectivity index (χ3v) is 5.08. The van der Waals surface area contributed by atoms with Crippen LogP contribution >= 0.6 is 0 Å². The largest absolute Gasteiger partial charge is 0.382 e. The van der Waals surface area contributed by atoms with Crippen LogP contribution in [0.2, 0.25) is 0 Å². The molecular weight excluding hydrogens is 302 g/mol. The van der Waals surface area contributed by atoms with Crippen molar-refractivity contribution in [1.29, 1.82) is 0 Å². The molecule has 3 rings (SSSR count). The predicted octanol–water partition coefficient (Wildman–Crippen LogP) is 2.35. The van der Waals surface area contributed by atoms with Crippen molar-refractivity contribution in [3.8, 4) is 0 Å². The van der Waals surface area contributed by atoms with E-state index >= 15 is 0 Å². The van der Waals surface area contributed by atoms with Crippen molar-refractivity contribution >= 4 is 17.5 Å². The van der Waals surface area contributed by atoms with Gasteiger partial charge in [-0.2, -0.15) is 0 Å². The number of rotatable bonds is 4. The lowest BCUT2D eigenvalue weighted by atomic mass is 10.0. The van der Waals surface area contributed by atoms with Crippen LogP contribution in [-0.2, 0) is 9.59 Å². The molecule has 2 saturated heterocycles. The SMILES string of the molecule is CC(C)N1C[C@@H](C(=O)N2CCC(Nc3ccccc3)CC2)CC1=O. The maximum atomic E-state index is 12.7. The Bertz CT molecular complexity index is 580. The van der Waals surface area contributed by atoms with Crippen LogP contribution in [0.4, 0.5) is 5.69 Å². The van der Waals surface area contributed by atoms with E-state index in [1.165, 1.54) is 0 Å². The number of para-hydroxylation sites is 1. The van der Waals surface area contributed by atoms with Crippen molar-refractivity contribution in [1.82, 2.24) is 9.80 Å². The lowest BCUT2D eigenvalue weighted by molar-refractivity contribution is -0.136.